The number of nitrogens with two attached hydrogens (primary N) is 1. The third-order valence-electron chi connectivity index (χ3n) is 1.48. The predicted octanol–water partition coefficient (Wildman–Crippen LogP) is -0.987. The lowest BCUT2D eigenvalue weighted by atomic mass is 10.4. The minimum Gasteiger partial charge on any atom is -0.344 e. The van der Waals surface area contributed by atoms with Crippen molar-refractivity contribution in [1.29, 1.82) is 0 Å². The summed E-state index contributed by atoms with van der Waals surface area (Å²) in [6, 6.07) is 0. The highest BCUT2D eigenvalue weighted by atomic mass is 16.2. The predicted molar refractivity (Wildman–Crippen MR) is 45.2 cm³/mol. The van der Waals surface area contributed by atoms with E-state index in [0.29, 0.717) is 13.0 Å². The summed E-state index contributed by atoms with van der Waals surface area (Å²) < 4.78 is 0. The van der Waals surface area contributed by atoms with E-state index < -0.39 is 0 Å². The minimum atomic E-state index is 0.114. The van der Waals surface area contributed by atoms with Crippen LogP contribution in [0.15, 0.2) is 0 Å². The molecule has 0 spiro atoms. The lowest BCUT2D eigenvalue weighted by Crippen LogP contribution is -2.33. The van der Waals surface area contributed by atoms with E-state index in [1.807, 2.05) is 7.05 Å². The topological polar surface area (TPSA) is 58.4 Å². The van der Waals surface area contributed by atoms with Gasteiger partial charge in [0.05, 0.1) is 0 Å². The van der Waals surface area contributed by atoms with E-state index in [9.17, 15) is 4.79 Å². The van der Waals surface area contributed by atoms with Crippen LogP contribution in [-0.4, -0.2) is 44.5 Å². The molecule has 0 aromatic heterocycles. The zero-order chi connectivity index (χ0) is 8.69. The third kappa shape index (κ3) is 4.75. The number of amides is 1. The van der Waals surface area contributed by atoms with Gasteiger partial charge >= 0.3 is 0 Å². The van der Waals surface area contributed by atoms with E-state index in [4.69, 9.17) is 5.73 Å². The maximum Gasteiger partial charge on any atom is 0.223 e. The highest BCUT2D eigenvalue weighted by molar-refractivity contribution is 5.75. The summed E-state index contributed by atoms with van der Waals surface area (Å²) in [6.07, 6.45) is 0.445. The Morgan fingerprint density at radius 1 is 1.64 bits per heavy atom. The summed E-state index contributed by atoms with van der Waals surface area (Å²) in [5.41, 5.74) is 5.23. The molecular weight excluding hydrogens is 142 g/mol. The number of rotatable bonds is 5. The van der Waals surface area contributed by atoms with Crippen molar-refractivity contribution in [2.24, 2.45) is 5.73 Å². The summed E-state index contributed by atoms with van der Waals surface area (Å²) in [5, 5.41) is 2.97. The largest absolute Gasteiger partial charge is 0.344 e. The van der Waals surface area contributed by atoms with Crippen molar-refractivity contribution in [2.75, 3.05) is 33.7 Å². The maximum atomic E-state index is 11.1. The summed E-state index contributed by atoms with van der Waals surface area (Å²) in [6.45, 7) is 2.00. The number of hydrogen-bond donors (Lipinski definition) is 2. The summed E-state index contributed by atoms with van der Waals surface area (Å²) >= 11 is 0. The van der Waals surface area contributed by atoms with Gasteiger partial charge in [-0.3, -0.25) is 4.79 Å². The molecule has 0 aliphatic carbocycles. The van der Waals surface area contributed by atoms with Crippen molar-refractivity contribution in [2.45, 2.75) is 6.42 Å². The first-order valence-electron chi connectivity index (χ1n) is 3.81. The van der Waals surface area contributed by atoms with Crippen LogP contribution >= 0.6 is 0 Å². The Kier molecular flexibility index (Phi) is 5.78. The Hall–Kier alpha value is -0.610. The molecule has 0 saturated heterocycles. The van der Waals surface area contributed by atoms with Crippen molar-refractivity contribution >= 4 is 5.91 Å². The number of hydrogen-bond acceptors (Lipinski definition) is 3. The van der Waals surface area contributed by atoms with Crippen LogP contribution in [0.4, 0.5) is 0 Å². The van der Waals surface area contributed by atoms with Gasteiger partial charge in [-0.25, -0.2) is 0 Å². The van der Waals surface area contributed by atoms with Gasteiger partial charge < -0.3 is 16.0 Å². The highest BCUT2D eigenvalue weighted by Gasteiger charge is 2.04. The number of carbonyl (C=O) groups is 1. The van der Waals surface area contributed by atoms with Crippen LogP contribution in [0.2, 0.25) is 0 Å². The molecule has 0 aliphatic rings. The van der Waals surface area contributed by atoms with Gasteiger partial charge in [-0.15, -0.1) is 0 Å². The molecular formula is C7H17N3O. The van der Waals surface area contributed by atoms with E-state index in [2.05, 4.69) is 5.32 Å². The second kappa shape index (κ2) is 6.12. The van der Waals surface area contributed by atoms with Crippen molar-refractivity contribution in [3.05, 3.63) is 0 Å². The second-order valence-electron chi connectivity index (χ2n) is 2.46. The van der Waals surface area contributed by atoms with Gasteiger partial charge in [0, 0.05) is 33.1 Å². The van der Waals surface area contributed by atoms with E-state index in [0.717, 1.165) is 13.1 Å². The van der Waals surface area contributed by atoms with Crippen molar-refractivity contribution in [3.8, 4) is 0 Å². The van der Waals surface area contributed by atoms with Crippen LogP contribution in [0.1, 0.15) is 6.42 Å². The summed E-state index contributed by atoms with van der Waals surface area (Å²) in [7, 11) is 3.65. The van der Waals surface area contributed by atoms with E-state index in [1.165, 1.54) is 0 Å². The van der Waals surface area contributed by atoms with Crippen LogP contribution in [-0.2, 0) is 4.79 Å². The van der Waals surface area contributed by atoms with Gasteiger partial charge in [0.15, 0.2) is 0 Å². The van der Waals surface area contributed by atoms with Crippen molar-refractivity contribution < 1.29 is 4.79 Å². The van der Waals surface area contributed by atoms with Crippen LogP contribution in [0.25, 0.3) is 0 Å². The standard InChI is InChI=1S/C7H17N3O/c1-9-5-6-10(2)7(11)3-4-8/h9H,3-6,8H2,1-2H3. The monoisotopic (exact) mass is 159 g/mol. The van der Waals surface area contributed by atoms with Gasteiger partial charge in [-0.2, -0.15) is 0 Å². The molecule has 0 aromatic carbocycles. The van der Waals surface area contributed by atoms with Gasteiger partial charge in [0.2, 0.25) is 5.91 Å². The average molecular weight is 159 g/mol. The molecule has 4 heteroatoms. The fourth-order valence-corrected chi connectivity index (χ4v) is 0.719. The molecule has 0 aromatic rings. The minimum absolute atomic E-state index is 0.114. The molecule has 0 heterocycles. The van der Waals surface area contributed by atoms with E-state index in [-0.39, 0.29) is 5.91 Å². The van der Waals surface area contributed by atoms with E-state index in [1.54, 1.807) is 11.9 Å². The molecule has 0 bridgehead atoms. The fraction of sp³-hybridized carbons (Fsp3) is 0.857. The lowest BCUT2D eigenvalue weighted by Gasteiger charge is -2.15. The molecule has 0 saturated carbocycles. The molecule has 66 valence electrons. The maximum absolute atomic E-state index is 11.1. The molecule has 11 heavy (non-hydrogen) atoms. The smallest absolute Gasteiger partial charge is 0.223 e. The first-order chi connectivity index (χ1) is 5.22. The van der Waals surface area contributed by atoms with Gasteiger partial charge in [0.1, 0.15) is 0 Å². The zero-order valence-electron chi connectivity index (χ0n) is 7.26. The molecule has 0 rings (SSSR count). The van der Waals surface area contributed by atoms with Crippen molar-refractivity contribution in [3.63, 3.8) is 0 Å². The lowest BCUT2D eigenvalue weighted by molar-refractivity contribution is -0.129. The SMILES string of the molecule is CNCCN(C)C(=O)CCN. The molecule has 0 fully saturated rings. The fourth-order valence-electron chi connectivity index (χ4n) is 0.719. The first-order valence-corrected chi connectivity index (χ1v) is 3.81. The Balaban J connectivity index is 3.46. The van der Waals surface area contributed by atoms with E-state index >= 15 is 0 Å². The quantitative estimate of drug-likeness (QED) is 0.541. The number of likely N-dealkylation sites (N-methyl/N-ethyl adjacent to an activating group) is 2. The van der Waals surface area contributed by atoms with Crippen LogP contribution in [0.3, 0.4) is 0 Å². The molecule has 0 atom stereocenters. The first kappa shape index (κ1) is 10.4. The van der Waals surface area contributed by atoms with Gasteiger partial charge in [-0.1, -0.05) is 0 Å². The number of carbonyl (C=O) groups excluding carboxylic acids is 1. The molecule has 4 nitrogen and oxygen atoms in total. The Bertz CT molecular complexity index is 116. The number of nitrogens with zero attached hydrogens (tertiary/aromatic N) is 1. The molecule has 0 radical (unpaired) electrons. The third-order valence-corrected chi connectivity index (χ3v) is 1.48. The Morgan fingerprint density at radius 2 is 2.27 bits per heavy atom. The zero-order valence-corrected chi connectivity index (χ0v) is 7.26. The highest BCUT2D eigenvalue weighted by Crippen LogP contribution is 1.86. The van der Waals surface area contributed by atoms with Crippen LogP contribution < -0.4 is 11.1 Å². The van der Waals surface area contributed by atoms with Crippen LogP contribution in [0.5, 0.6) is 0 Å². The molecule has 0 aliphatic heterocycles. The van der Waals surface area contributed by atoms with Crippen molar-refractivity contribution in [1.82, 2.24) is 10.2 Å². The number of nitrogens with one attached hydrogen (secondary N) is 1. The van der Waals surface area contributed by atoms with Crippen LogP contribution in [0, 0.1) is 0 Å². The van der Waals surface area contributed by atoms with Gasteiger partial charge in [-0.05, 0) is 7.05 Å². The Morgan fingerprint density at radius 3 is 2.73 bits per heavy atom. The Labute approximate surface area is 67.7 Å². The average Bonchev–Trinajstić information content (AvgIpc) is 2.00. The van der Waals surface area contributed by atoms with Gasteiger partial charge in [0.25, 0.3) is 0 Å². The summed E-state index contributed by atoms with van der Waals surface area (Å²) in [4.78, 5) is 12.8. The molecule has 1 amide bonds. The molecule has 0 unspecified atom stereocenters. The molecule has 3 N–H and O–H groups in total. The summed E-state index contributed by atoms with van der Waals surface area (Å²) in [5.74, 6) is 0.114. The normalized spacial score (nSPS) is 9.73. The second-order valence-corrected chi connectivity index (χ2v) is 2.46.